The first-order chi connectivity index (χ1) is 12.6. The van der Waals surface area contributed by atoms with Crippen molar-refractivity contribution in [2.45, 2.75) is 31.8 Å². The van der Waals surface area contributed by atoms with Gasteiger partial charge in [0, 0.05) is 44.3 Å². The minimum Gasteiger partial charge on any atom is -0.379 e. The third-order valence-electron chi connectivity index (χ3n) is 5.32. The summed E-state index contributed by atoms with van der Waals surface area (Å²) in [5.74, 6) is -0.0586. The summed E-state index contributed by atoms with van der Waals surface area (Å²) in [6, 6.07) is 7.05. The van der Waals surface area contributed by atoms with Crippen molar-refractivity contribution in [2.24, 2.45) is 0 Å². The van der Waals surface area contributed by atoms with Gasteiger partial charge in [0.25, 0.3) is 0 Å². The van der Waals surface area contributed by atoms with E-state index >= 15 is 0 Å². The smallest absolute Gasteiger partial charge is 0.237 e. The third-order valence-corrected chi connectivity index (χ3v) is 5.32. The van der Waals surface area contributed by atoms with Gasteiger partial charge in [-0.2, -0.15) is 0 Å². The highest BCUT2D eigenvalue weighted by Gasteiger charge is 2.29. The second-order valence-corrected chi connectivity index (χ2v) is 7.41. The first kappa shape index (κ1) is 19.3. The van der Waals surface area contributed by atoms with Gasteiger partial charge in [0.2, 0.25) is 5.91 Å². The summed E-state index contributed by atoms with van der Waals surface area (Å²) >= 11 is 0. The summed E-state index contributed by atoms with van der Waals surface area (Å²) < 4.78 is 19.2. The summed E-state index contributed by atoms with van der Waals surface area (Å²) in [6.45, 7) is 6.01. The summed E-state index contributed by atoms with van der Waals surface area (Å²) in [4.78, 5) is 19.2. The predicted octanol–water partition coefficient (Wildman–Crippen LogP) is 1.97. The Labute approximate surface area is 155 Å². The van der Waals surface area contributed by atoms with Crippen LogP contribution in [-0.4, -0.2) is 79.6 Å². The summed E-state index contributed by atoms with van der Waals surface area (Å²) in [5, 5.41) is 0. The number of benzene rings is 1. The number of ether oxygens (including phenoxy) is 1. The molecule has 0 bridgehead atoms. The standard InChI is InChI=1S/C20H30FN3O2/c1-22(14-17-6-2-3-8-19(17)21)16-20(25)24-9-5-4-7-18(24)15-23-10-12-26-13-11-23/h2-3,6,8,18H,4-5,7,9-16H2,1H3. The molecule has 0 spiro atoms. The molecule has 0 aromatic heterocycles. The van der Waals surface area contributed by atoms with Crippen LogP contribution in [0.3, 0.4) is 0 Å². The molecule has 26 heavy (non-hydrogen) atoms. The number of carbonyl (C=O) groups is 1. The van der Waals surface area contributed by atoms with Crippen LogP contribution in [0.1, 0.15) is 24.8 Å². The third kappa shape index (κ3) is 5.25. The Morgan fingerprint density at radius 2 is 2.00 bits per heavy atom. The zero-order chi connectivity index (χ0) is 18.4. The van der Waals surface area contributed by atoms with Gasteiger partial charge in [0.1, 0.15) is 5.82 Å². The lowest BCUT2D eigenvalue weighted by Crippen LogP contribution is -2.53. The molecule has 144 valence electrons. The largest absolute Gasteiger partial charge is 0.379 e. The Morgan fingerprint density at radius 3 is 2.77 bits per heavy atom. The lowest BCUT2D eigenvalue weighted by atomic mass is 10.0. The average Bonchev–Trinajstić information content (AvgIpc) is 2.65. The Morgan fingerprint density at radius 1 is 1.23 bits per heavy atom. The molecule has 0 saturated carbocycles. The minimum atomic E-state index is -0.213. The van der Waals surface area contributed by atoms with Crippen LogP contribution in [0.2, 0.25) is 0 Å². The molecule has 1 aromatic rings. The number of nitrogens with zero attached hydrogens (tertiary/aromatic N) is 3. The molecular formula is C20H30FN3O2. The van der Waals surface area contributed by atoms with E-state index in [9.17, 15) is 9.18 Å². The molecule has 2 aliphatic rings. The van der Waals surface area contributed by atoms with Gasteiger partial charge in [-0.05, 0) is 32.4 Å². The molecule has 2 fully saturated rings. The van der Waals surface area contributed by atoms with Crippen molar-refractivity contribution in [3.05, 3.63) is 35.6 Å². The van der Waals surface area contributed by atoms with Crippen molar-refractivity contribution in [1.29, 1.82) is 0 Å². The molecule has 3 rings (SSSR count). The highest BCUT2D eigenvalue weighted by Crippen LogP contribution is 2.19. The lowest BCUT2D eigenvalue weighted by Gasteiger charge is -2.40. The molecule has 5 nitrogen and oxygen atoms in total. The fourth-order valence-corrected chi connectivity index (χ4v) is 3.90. The van der Waals surface area contributed by atoms with Crippen molar-refractivity contribution in [2.75, 3.05) is 53.0 Å². The van der Waals surface area contributed by atoms with Crippen molar-refractivity contribution in [3.8, 4) is 0 Å². The highest BCUT2D eigenvalue weighted by molar-refractivity contribution is 5.78. The molecule has 1 atom stereocenters. The van der Waals surface area contributed by atoms with E-state index in [0.717, 1.165) is 52.2 Å². The Kier molecular flexibility index (Phi) is 7.00. The van der Waals surface area contributed by atoms with E-state index in [2.05, 4.69) is 9.80 Å². The number of hydrogen-bond acceptors (Lipinski definition) is 4. The molecule has 0 N–H and O–H groups in total. The quantitative estimate of drug-likeness (QED) is 0.774. The van der Waals surface area contributed by atoms with Gasteiger partial charge >= 0.3 is 0 Å². The van der Waals surface area contributed by atoms with Crippen LogP contribution in [-0.2, 0) is 16.1 Å². The monoisotopic (exact) mass is 363 g/mol. The molecule has 6 heteroatoms. The van der Waals surface area contributed by atoms with Crippen LogP contribution in [0, 0.1) is 5.82 Å². The van der Waals surface area contributed by atoms with Gasteiger partial charge in [-0.25, -0.2) is 4.39 Å². The fraction of sp³-hybridized carbons (Fsp3) is 0.650. The normalized spacial score (nSPS) is 22.0. The van der Waals surface area contributed by atoms with Crippen LogP contribution in [0.5, 0.6) is 0 Å². The van der Waals surface area contributed by atoms with Crippen molar-refractivity contribution < 1.29 is 13.9 Å². The van der Waals surface area contributed by atoms with Crippen LogP contribution >= 0.6 is 0 Å². The van der Waals surface area contributed by atoms with Gasteiger partial charge in [-0.15, -0.1) is 0 Å². The number of rotatable bonds is 6. The molecule has 1 aromatic carbocycles. The van der Waals surface area contributed by atoms with Gasteiger partial charge in [-0.1, -0.05) is 18.2 Å². The number of likely N-dealkylation sites (N-methyl/N-ethyl adjacent to an activating group) is 1. The maximum atomic E-state index is 13.8. The van der Waals surface area contributed by atoms with Crippen molar-refractivity contribution >= 4 is 5.91 Å². The predicted molar refractivity (Wildman–Crippen MR) is 99.3 cm³/mol. The number of amides is 1. The average molecular weight is 363 g/mol. The molecule has 2 aliphatic heterocycles. The van der Waals surface area contributed by atoms with Crippen LogP contribution < -0.4 is 0 Å². The zero-order valence-electron chi connectivity index (χ0n) is 15.7. The maximum absolute atomic E-state index is 13.8. The van der Waals surface area contributed by atoms with E-state index in [1.54, 1.807) is 12.1 Å². The van der Waals surface area contributed by atoms with Gasteiger partial charge < -0.3 is 9.64 Å². The van der Waals surface area contributed by atoms with E-state index in [4.69, 9.17) is 4.74 Å². The van der Waals surface area contributed by atoms with Crippen molar-refractivity contribution in [3.63, 3.8) is 0 Å². The molecule has 2 heterocycles. The summed E-state index contributed by atoms with van der Waals surface area (Å²) in [5.41, 5.74) is 0.631. The van der Waals surface area contributed by atoms with Crippen LogP contribution in [0.25, 0.3) is 0 Å². The first-order valence-electron chi connectivity index (χ1n) is 9.65. The number of likely N-dealkylation sites (tertiary alicyclic amines) is 1. The molecule has 0 aliphatic carbocycles. The summed E-state index contributed by atoms with van der Waals surface area (Å²) in [7, 11) is 1.88. The van der Waals surface area contributed by atoms with E-state index in [1.807, 2.05) is 18.0 Å². The second-order valence-electron chi connectivity index (χ2n) is 7.41. The zero-order valence-corrected chi connectivity index (χ0v) is 15.7. The number of morpholine rings is 1. The SMILES string of the molecule is CN(CC(=O)N1CCCCC1CN1CCOCC1)Cc1ccccc1F. The molecule has 1 unspecified atom stereocenters. The Bertz CT molecular complexity index is 592. The molecule has 2 saturated heterocycles. The fourth-order valence-electron chi connectivity index (χ4n) is 3.90. The Balaban J connectivity index is 1.54. The van der Waals surface area contributed by atoms with E-state index in [0.29, 0.717) is 18.7 Å². The number of hydrogen-bond donors (Lipinski definition) is 0. The second kappa shape index (κ2) is 9.44. The Hall–Kier alpha value is -1.50. The minimum absolute atomic E-state index is 0.154. The number of carbonyl (C=O) groups excluding carboxylic acids is 1. The number of halogens is 1. The van der Waals surface area contributed by atoms with E-state index < -0.39 is 0 Å². The van der Waals surface area contributed by atoms with E-state index in [1.165, 1.54) is 12.5 Å². The van der Waals surface area contributed by atoms with Gasteiger partial charge in [0.15, 0.2) is 0 Å². The molecular weight excluding hydrogens is 333 g/mol. The highest BCUT2D eigenvalue weighted by atomic mass is 19.1. The topological polar surface area (TPSA) is 36.0 Å². The van der Waals surface area contributed by atoms with E-state index in [-0.39, 0.29) is 17.8 Å². The number of piperidine rings is 1. The van der Waals surface area contributed by atoms with Gasteiger partial charge in [-0.3, -0.25) is 14.6 Å². The maximum Gasteiger partial charge on any atom is 0.237 e. The van der Waals surface area contributed by atoms with Crippen LogP contribution in [0.15, 0.2) is 24.3 Å². The summed E-state index contributed by atoms with van der Waals surface area (Å²) in [6.07, 6.45) is 3.33. The molecule has 0 radical (unpaired) electrons. The first-order valence-corrected chi connectivity index (χ1v) is 9.65. The molecule has 1 amide bonds. The van der Waals surface area contributed by atoms with Gasteiger partial charge in [0.05, 0.1) is 19.8 Å². The lowest BCUT2D eigenvalue weighted by molar-refractivity contribution is -0.136. The van der Waals surface area contributed by atoms with Crippen molar-refractivity contribution in [1.82, 2.24) is 14.7 Å². The van der Waals surface area contributed by atoms with Crippen LogP contribution in [0.4, 0.5) is 4.39 Å².